The van der Waals surface area contributed by atoms with E-state index in [0.717, 1.165) is 17.9 Å². The van der Waals surface area contributed by atoms with Crippen LogP contribution in [-0.2, 0) is 17.6 Å². The van der Waals surface area contributed by atoms with E-state index in [4.69, 9.17) is 5.73 Å². The number of hydrogen-bond donors (Lipinski definition) is 1. The fraction of sp³-hybridized carbons (Fsp3) is 0.611. The van der Waals surface area contributed by atoms with Gasteiger partial charge in [-0.25, -0.2) is 0 Å². The van der Waals surface area contributed by atoms with Crippen LogP contribution in [0.25, 0.3) is 0 Å². The standard InChI is InChI=1S/C18H29NO/c1-3-6-15(7-4-2)10-11-16-8-5-9-17(12-16)13-18(20)14-19/h5,8-9,12,15H,3-4,6-7,10-11,13-14,19H2,1-2H3. The second kappa shape index (κ2) is 9.71. The third kappa shape index (κ3) is 6.33. The summed E-state index contributed by atoms with van der Waals surface area (Å²) in [4.78, 5) is 11.4. The number of Topliss-reactive ketones (excluding diaryl/α,β-unsaturated/α-hetero) is 1. The topological polar surface area (TPSA) is 43.1 Å². The number of nitrogens with two attached hydrogens (primary N) is 1. The van der Waals surface area contributed by atoms with E-state index in [1.54, 1.807) is 0 Å². The highest BCUT2D eigenvalue weighted by molar-refractivity contribution is 5.82. The van der Waals surface area contributed by atoms with Crippen molar-refractivity contribution in [1.29, 1.82) is 0 Å². The highest BCUT2D eigenvalue weighted by Crippen LogP contribution is 2.20. The van der Waals surface area contributed by atoms with Crippen LogP contribution in [0.5, 0.6) is 0 Å². The van der Waals surface area contributed by atoms with Gasteiger partial charge in [-0.15, -0.1) is 0 Å². The molecule has 0 amide bonds. The Kier molecular flexibility index (Phi) is 8.20. The molecule has 2 nitrogen and oxygen atoms in total. The van der Waals surface area contributed by atoms with Gasteiger partial charge >= 0.3 is 0 Å². The third-order valence-electron chi connectivity index (χ3n) is 3.86. The molecule has 1 aromatic carbocycles. The first-order valence-electron chi connectivity index (χ1n) is 7.99. The maximum atomic E-state index is 11.4. The molecule has 0 spiro atoms. The first-order chi connectivity index (χ1) is 9.69. The molecule has 2 heteroatoms. The minimum absolute atomic E-state index is 0.108. The maximum Gasteiger partial charge on any atom is 0.150 e. The van der Waals surface area contributed by atoms with E-state index in [-0.39, 0.29) is 12.3 Å². The summed E-state index contributed by atoms with van der Waals surface area (Å²) in [6.07, 6.45) is 8.06. The van der Waals surface area contributed by atoms with Gasteiger partial charge in [0.05, 0.1) is 6.54 Å². The predicted molar refractivity (Wildman–Crippen MR) is 85.8 cm³/mol. The van der Waals surface area contributed by atoms with E-state index in [0.29, 0.717) is 6.42 Å². The van der Waals surface area contributed by atoms with Crippen molar-refractivity contribution in [2.45, 2.75) is 58.8 Å². The van der Waals surface area contributed by atoms with Gasteiger partial charge in [-0.3, -0.25) is 4.79 Å². The molecule has 112 valence electrons. The zero-order chi connectivity index (χ0) is 14.8. The van der Waals surface area contributed by atoms with Crippen molar-refractivity contribution in [3.8, 4) is 0 Å². The van der Waals surface area contributed by atoms with Gasteiger partial charge in [-0.2, -0.15) is 0 Å². The Morgan fingerprint density at radius 1 is 1.10 bits per heavy atom. The lowest BCUT2D eigenvalue weighted by Crippen LogP contribution is -2.15. The van der Waals surface area contributed by atoms with Gasteiger partial charge in [0, 0.05) is 6.42 Å². The smallest absolute Gasteiger partial charge is 0.150 e. The lowest BCUT2D eigenvalue weighted by Gasteiger charge is -2.15. The molecule has 0 aliphatic heterocycles. The quantitative estimate of drug-likeness (QED) is 0.703. The molecule has 0 fully saturated rings. The number of carbonyl (C=O) groups excluding carboxylic acids is 1. The molecule has 0 aliphatic rings. The Hall–Kier alpha value is -1.15. The zero-order valence-corrected chi connectivity index (χ0v) is 13.0. The fourth-order valence-corrected chi connectivity index (χ4v) is 2.82. The molecular weight excluding hydrogens is 246 g/mol. The number of aryl methyl sites for hydroxylation is 1. The summed E-state index contributed by atoms with van der Waals surface area (Å²) in [6, 6.07) is 8.42. The van der Waals surface area contributed by atoms with Crippen molar-refractivity contribution in [3.63, 3.8) is 0 Å². The first kappa shape index (κ1) is 16.9. The highest BCUT2D eigenvalue weighted by atomic mass is 16.1. The molecule has 2 N–H and O–H groups in total. The van der Waals surface area contributed by atoms with E-state index in [2.05, 4.69) is 32.0 Å². The van der Waals surface area contributed by atoms with Crippen molar-refractivity contribution < 1.29 is 4.79 Å². The van der Waals surface area contributed by atoms with Crippen LogP contribution in [0.15, 0.2) is 24.3 Å². The Bertz CT molecular complexity index is 394. The van der Waals surface area contributed by atoms with Crippen molar-refractivity contribution in [3.05, 3.63) is 35.4 Å². The molecule has 20 heavy (non-hydrogen) atoms. The summed E-state index contributed by atoms with van der Waals surface area (Å²) in [5, 5.41) is 0. The lowest BCUT2D eigenvalue weighted by molar-refractivity contribution is -0.117. The Morgan fingerprint density at radius 3 is 2.35 bits per heavy atom. The largest absolute Gasteiger partial charge is 0.324 e. The molecule has 0 aliphatic carbocycles. The van der Waals surface area contributed by atoms with Crippen LogP contribution >= 0.6 is 0 Å². The monoisotopic (exact) mass is 275 g/mol. The minimum Gasteiger partial charge on any atom is -0.324 e. The molecule has 1 aromatic rings. The van der Waals surface area contributed by atoms with Crippen molar-refractivity contribution in [1.82, 2.24) is 0 Å². The average Bonchev–Trinajstić information content (AvgIpc) is 2.45. The van der Waals surface area contributed by atoms with E-state index >= 15 is 0 Å². The van der Waals surface area contributed by atoms with E-state index < -0.39 is 0 Å². The SMILES string of the molecule is CCCC(CCC)CCc1cccc(CC(=O)CN)c1. The number of benzene rings is 1. The molecule has 0 aromatic heterocycles. The summed E-state index contributed by atoms with van der Waals surface area (Å²) in [7, 11) is 0. The van der Waals surface area contributed by atoms with Crippen LogP contribution < -0.4 is 5.73 Å². The molecule has 0 bridgehead atoms. The summed E-state index contributed by atoms with van der Waals surface area (Å²) in [6.45, 7) is 4.67. The number of ketones is 1. The van der Waals surface area contributed by atoms with Gasteiger partial charge in [-0.05, 0) is 29.9 Å². The van der Waals surface area contributed by atoms with Gasteiger partial charge in [-0.1, -0.05) is 63.8 Å². The molecule has 1 rings (SSSR count). The third-order valence-corrected chi connectivity index (χ3v) is 3.86. The zero-order valence-electron chi connectivity index (χ0n) is 13.0. The van der Waals surface area contributed by atoms with E-state index in [1.165, 1.54) is 37.7 Å². The summed E-state index contributed by atoms with van der Waals surface area (Å²) in [5.74, 6) is 0.955. The van der Waals surface area contributed by atoms with Gasteiger partial charge < -0.3 is 5.73 Å². The minimum atomic E-state index is 0.108. The number of hydrogen-bond acceptors (Lipinski definition) is 2. The predicted octanol–water partition coefficient (Wildman–Crippen LogP) is 3.91. The first-order valence-corrected chi connectivity index (χ1v) is 7.99. The second-order valence-corrected chi connectivity index (χ2v) is 5.72. The number of rotatable bonds is 10. The molecule has 0 unspecified atom stereocenters. The van der Waals surface area contributed by atoms with E-state index in [1.807, 2.05) is 6.07 Å². The summed E-state index contributed by atoms with van der Waals surface area (Å²) in [5.41, 5.74) is 7.82. The van der Waals surface area contributed by atoms with Crippen LogP contribution in [0.4, 0.5) is 0 Å². The highest BCUT2D eigenvalue weighted by Gasteiger charge is 2.08. The van der Waals surface area contributed by atoms with Gasteiger partial charge in [0.1, 0.15) is 0 Å². The average molecular weight is 275 g/mol. The summed E-state index contributed by atoms with van der Waals surface area (Å²) < 4.78 is 0. The molecule has 0 heterocycles. The Labute approximate surface area is 123 Å². The van der Waals surface area contributed by atoms with Gasteiger partial charge in [0.25, 0.3) is 0 Å². The normalized spacial score (nSPS) is 11.0. The molecule has 0 saturated heterocycles. The lowest BCUT2D eigenvalue weighted by atomic mass is 9.91. The van der Waals surface area contributed by atoms with Crippen LogP contribution in [0.1, 0.15) is 57.1 Å². The molecule has 0 radical (unpaired) electrons. The van der Waals surface area contributed by atoms with Crippen molar-refractivity contribution in [2.24, 2.45) is 11.7 Å². The van der Waals surface area contributed by atoms with Crippen molar-refractivity contribution >= 4 is 5.78 Å². The van der Waals surface area contributed by atoms with Crippen LogP contribution in [0.2, 0.25) is 0 Å². The van der Waals surface area contributed by atoms with Gasteiger partial charge in [0.2, 0.25) is 0 Å². The molecular formula is C18H29NO. The summed E-state index contributed by atoms with van der Waals surface area (Å²) >= 11 is 0. The van der Waals surface area contributed by atoms with Gasteiger partial charge in [0.15, 0.2) is 5.78 Å². The fourth-order valence-electron chi connectivity index (χ4n) is 2.82. The van der Waals surface area contributed by atoms with Crippen LogP contribution in [-0.4, -0.2) is 12.3 Å². The Morgan fingerprint density at radius 2 is 1.75 bits per heavy atom. The molecule has 0 atom stereocenters. The second-order valence-electron chi connectivity index (χ2n) is 5.72. The Balaban J connectivity index is 2.54. The van der Waals surface area contributed by atoms with Crippen LogP contribution in [0.3, 0.4) is 0 Å². The van der Waals surface area contributed by atoms with E-state index in [9.17, 15) is 4.79 Å². The van der Waals surface area contributed by atoms with Crippen LogP contribution in [0, 0.1) is 5.92 Å². The maximum absolute atomic E-state index is 11.4. The number of carbonyl (C=O) groups is 1. The molecule has 0 saturated carbocycles. The van der Waals surface area contributed by atoms with Crippen molar-refractivity contribution in [2.75, 3.05) is 6.54 Å².